The third-order valence-electron chi connectivity index (χ3n) is 2.13. The molecule has 0 unspecified atom stereocenters. The molecule has 0 aliphatic carbocycles. The van der Waals surface area contributed by atoms with Crippen LogP contribution in [-0.4, -0.2) is 20.8 Å². The fraction of sp³-hybridized carbons (Fsp3) is 0.333. The van der Waals surface area contributed by atoms with Gasteiger partial charge in [-0.15, -0.1) is 17.0 Å². The largest absolute Gasteiger partial charge is 0.355 e. The molecule has 2 nitrogen and oxygen atoms in total. The third kappa shape index (κ3) is 1.29. The van der Waals surface area contributed by atoms with Crippen LogP contribution in [0.4, 0.5) is 11.4 Å². The van der Waals surface area contributed by atoms with E-state index in [2.05, 4.69) is 48.2 Å². The lowest BCUT2D eigenvalue weighted by molar-refractivity contribution is 0.916. The van der Waals surface area contributed by atoms with E-state index >= 15 is 0 Å². The zero-order chi connectivity index (χ0) is 7.84. The lowest BCUT2D eigenvalue weighted by Gasteiger charge is -2.11. The highest BCUT2D eigenvalue weighted by atomic mass is 79.9. The van der Waals surface area contributed by atoms with Gasteiger partial charge in [-0.3, -0.25) is 0 Å². The van der Waals surface area contributed by atoms with Crippen LogP contribution in [0.3, 0.4) is 0 Å². The Morgan fingerprint density at radius 1 is 1.00 bits per heavy atom. The van der Waals surface area contributed by atoms with E-state index in [4.69, 9.17) is 0 Å². The molecule has 0 N–H and O–H groups in total. The van der Waals surface area contributed by atoms with Crippen molar-refractivity contribution in [1.82, 2.24) is 0 Å². The molecule has 0 amide bonds. The zero-order valence-corrected chi connectivity index (χ0v) is 9.03. The number of halogens is 1. The summed E-state index contributed by atoms with van der Waals surface area (Å²) in [6.07, 6.45) is 0. The summed E-state index contributed by atoms with van der Waals surface area (Å²) in [4.78, 5) is 4.49. The van der Waals surface area contributed by atoms with Gasteiger partial charge in [0.05, 0.1) is 18.0 Å². The molecule has 1 aliphatic heterocycles. The molecule has 0 radical (unpaired) electrons. The van der Waals surface area contributed by atoms with Crippen molar-refractivity contribution in [2.24, 2.45) is 0 Å². The molecule has 0 saturated heterocycles. The predicted octanol–water partition coefficient (Wildman–Crippen LogP) is 2.11. The SMILES string of the molecule is Br.CN1CN(C)c2ccccc21. The molecular formula is C9H13BrN2. The first-order valence-corrected chi connectivity index (χ1v) is 3.80. The molecule has 1 aliphatic rings. The Morgan fingerprint density at radius 3 is 1.83 bits per heavy atom. The Morgan fingerprint density at radius 2 is 1.42 bits per heavy atom. The number of para-hydroxylation sites is 2. The van der Waals surface area contributed by atoms with Gasteiger partial charge in [-0.05, 0) is 12.1 Å². The van der Waals surface area contributed by atoms with Crippen molar-refractivity contribution < 1.29 is 0 Å². The lowest BCUT2D eigenvalue weighted by Crippen LogP contribution is -2.23. The van der Waals surface area contributed by atoms with E-state index in [0.717, 1.165) is 6.67 Å². The number of rotatable bonds is 0. The van der Waals surface area contributed by atoms with Crippen molar-refractivity contribution in [2.45, 2.75) is 0 Å². The smallest absolute Gasteiger partial charge is 0.0898 e. The molecule has 12 heavy (non-hydrogen) atoms. The fourth-order valence-electron chi connectivity index (χ4n) is 1.58. The summed E-state index contributed by atoms with van der Waals surface area (Å²) in [7, 11) is 4.23. The van der Waals surface area contributed by atoms with E-state index in [-0.39, 0.29) is 17.0 Å². The van der Waals surface area contributed by atoms with Crippen LogP contribution < -0.4 is 9.80 Å². The molecular weight excluding hydrogens is 216 g/mol. The van der Waals surface area contributed by atoms with Gasteiger partial charge in [0.25, 0.3) is 0 Å². The highest BCUT2D eigenvalue weighted by Crippen LogP contribution is 2.32. The molecule has 0 fully saturated rings. The first-order chi connectivity index (χ1) is 5.29. The predicted molar refractivity (Wildman–Crippen MR) is 58.4 cm³/mol. The second-order valence-corrected chi connectivity index (χ2v) is 3.03. The van der Waals surface area contributed by atoms with Gasteiger partial charge in [0.15, 0.2) is 0 Å². The quantitative estimate of drug-likeness (QED) is 0.672. The van der Waals surface area contributed by atoms with Gasteiger partial charge in [-0.2, -0.15) is 0 Å². The molecule has 0 atom stereocenters. The standard InChI is InChI=1S/C9H12N2.BrH/c1-10-7-11(2)9-6-4-3-5-8(9)10;/h3-6H,7H2,1-2H3;1H. The van der Waals surface area contributed by atoms with Gasteiger partial charge in [-0.1, -0.05) is 12.1 Å². The van der Waals surface area contributed by atoms with Crippen LogP contribution in [0, 0.1) is 0 Å². The Balaban J connectivity index is 0.000000720. The van der Waals surface area contributed by atoms with Gasteiger partial charge in [0, 0.05) is 14.1 Å². The number of hydrogen-bond donors (Lipinski definition) is 0. The maximum atomic E-state index is 2.25. The molecule has 0 aromatic heterocycles. The van der Waals surface area contributed by atoms with Crippen molar-refractivity contribution in [1.29, 1.82) is 0 Å². The van der Waals surface area contributed by atoms with Gasteiger partial charge in [0.2, 0.25) is 0 Å². The number of anilines is 2. The molecule has 2 rings (SSSR count). The van der Waals surface area contributed by atoms with E-state index < -0.39 is 0 Å². The summed E-state index contributed by atoms with van der Waals surface area (Å²) in [6.45, 7) is 0.999. The summed E-state index contributed by atoms with van der Waals surface area (Å²) < 4.78 is 0. The molecule has 0 saturated carbocycles. The summed E-state index contributed by atoms with van der Waals surface area (Å²) in [5.74, 6) is 0. The monoisotopic (exact) mass is 228 g/mol. The summed E-state index contributed by atoms with van der Waals surface area (Å²) in [6, 6.07) is 8.46. The minimum absolute atomic E-state index is 0. The highest BCUT2D eigenvalue weighted by molar-refractivity contribution is 8.93. The van der Waals surface area contributed by atoms with Gasteiger partial charge >= 0.3 is 0 Å². The summed E-state index contributed by atoms with van der Waals surface area (Å²) >= 11 is 0. The Hall–Kier alpha value is -0.700. The highest BCUT2D eigenvalue weighted by Gasteiger charge is 2.18. The van der Waals surface area contributed by atoms with Crippen molar-refractivity contribution in [2.75, 3.05) is 30.6 Å². The minimum atomic E-state index is 0. The maximum absolute atomic E-state index is 2.25. The van der Waals surface area contributed by atoms with Crippen LogP contribution in [0.25, 0.3) is 0 Å². The third-order valence-corrected chi connectivity index (χ3v) is 2.13. The van der Waals surface area contributed by atoms with Crippen molar-refractivity contribution in [3.63, 3.8) is 0 Å². The van der Waals surface area contributed by atoms with Crippen molar-refractivity contribution in [3.05, 3.63) is 24.3 Å². The first kappa shape index (κ1) is 9.39. The van der Waals surface area contributed by atoms with Gasteiger partial charge in [0.1, 0.15) is 0 Å². The van der Waals surface area contributed by atoms with Crippen LogP contribution in [0.15, 0.2) is 24.3 Å². The van der Waals surface area contributed by atoms with Crippen molar-refractivity contribution >= 4 is 28.4 Å². The molecule has 1 aromatic rings. The van der Waals surface area contributed by atoms with E-state index in [0.29, 0.717) is 0 Å². The second kappa shape index (κ2) is 3.35. The Bertz CT molecular complexity index is 248. The second-order valence-electron chi connectivity index (χ2n) is 3.03. The zero-order valence-electron chi connectivity index (χ0n) is 7.32. The number of hydrogen-bond acceptors (Lipinski definition) is 2. The molecule has 1 heterocycles. The topological polar surface area (TPSA) is 6.48 Å². The van der Waals surface area contributed by atoms with Gasteiger partial charge in [-0.25, -0.2) is 0 Å². The molecule has 0 bridgehead atoms. The van der Waals surface area contributed by atoms with Crippen LogP contribution in [0.1, 0.15) is 0 Å². The average Bonchev–Trinajstić information content (AvgIpc) is 2.30. The Labute approximate surface area is 83.6 Å². The van der Waals surface area contributed by atoms with Crippen molar-refractivity contribution in [3.8, 4) is 0 Å². The fourth-order valence-corrected chi connectivity index (χ4v) is 1.58. The molecule has 3 heteroatoms. The molecule has 1 aromatic carbocycles. The minimum Gasteiger partial charge on any atom is -0.355 e. The first-order valence-electron chi connectivity index (χ1n) is 3.80. The summed E-state index contributed by atoms with van der Waals surface area (Å²) in [5.41, 5.74) is 2.66. The molecule has 0 spiro atoms. The van der Waals surface area contributed by atoms with E-state index in [1.165, 1.54) is 11.4 Å². The van der Waals surface area contributed by atoms with E-state index in [1.807, 2.05) is 0 Å². The summed E-state index contributed by atoms with van der Waals surface area (Å²) in [5, 5.41) is 0. The number of nitrogens with zero attached hydrogens (tertiary/aromatic N) is 2. The molecule has 66 valence electrons. The maximum Gasteiger partial charge on any atom is 0.0898 e. The van der Waals surface area contributed by atoms with E-state index in [9.17, 15) is 0 Å². The van der Waals surface area contributed by atoms with Gasteiger partial charge < -0.3 is 9.80 Å². The lowest BCUT2D eigenvalue weighted by atomic mass is 10.3. The van der Waals surface area contributed by atoms with Crippen LogP contribution in [-0.2, 0) is 0 Å². The van der Waals surface area contributed by atoms with Crippen LogP contribution in [0.2, 0.25) is 0 Å². The van der Waals surface area contributed by atoms with E-state index in [1.54, 1.807) is 0 Å². The van der Waals surface area contributed by atoms with Crippen LogP contribution >= 0.6 is 17.0 Å². The average molecular weight is 229 g/mol. The number of benzene rings is 1. The normalized spacial score (nSPS) is 14.2. The number of fused-ring (bicyclic) bond motifs is 1. The Kier molecular flexibility index (Phi) is 2.62. The van der Waals surface area contributed by atoms with Crippen LogP contribution in [0.5, 0.6) is 0 Å².